The van der Waals surface area contributed by atoms with Crippen molar-refractivity contribution in [3.63, 3.8) is 0 Å². The lowest BCUT2D eigenvalue weighted by Crippen LogP contribution is -2.48. The largest absolute Gasteiger partial charge is 0.381 e. The molecule has 5 heteroatoms. The van der Waals surface area contributed by atoms with Gasteiger partial charge in [-0.05, 0) is 57.3 Å². The number of nitriles is 1. The molecule has 2 aliphatic carbocycles. The van der Waals surface area contributed by atoms with Gasteiger partial charge in [0, 0.05) is 23.5 Å². The van der Waals surface area contributed by atoms with Crippen LogP contribution in [0.4, 0.5) is 0 Å². The van der Waals surface area contributed by atoms with Gasteiger partial charge in [0.25, 0.3) is 0 Å². The Morgan fingerprint density at radius 1 is 1.45 bits per heavy atom. The molecule has 3 aliphatic rings. The van der Waals surface area contributed by atoms with Crippen LogP contribution in [0.25, 0.3) is 0 Å². The van der Waals surface area contributed by atoms with Gasteiger partial charge in [0.05, 0.1) is 18.7 Å². The minimum Gasteiger partial charge on any atom is -0.381 e. The molecule has 1 saturated heterocycles. The molecule has 3 rings (SSSR count). The van der Waals surface area contributed by atoms with Gasteiger partial charge in [-0.15, -0.1) is 0 Å². The molecule has 1 heterocycles. The molecular weight excluding hydrogens is 278 g/mol. The lowest BCUT2D eigenvalue weighted by Gasteiger charge is -2.29. The van der Waals surface area contributed by atoms with Crippen molar-refractivity contribution in [1.82, 2.24) is 10.2 Å². The summed E-state index contributed by atoms with van der Waals surface area (Å²) < 4.78 is 5.49. The molecule has 0 bridgehead atoms. The number of fused-ring (bicyclic) bond motifs is 1. The van der Waals surface area contributed by atoms with Gasteiger partial charge >= 0.3 is 0 Å². The van der Waals surface area contributed by atoms with Gasteiger partial charge in [-0.3, -0.25) is 4.79 Å². The zero-order chi connectivity index (χ0) is 15.7. The molecule has 3 atom stereocenters. The van der Waals surface area contributed by atoms with E-state index >= 15 is 0 Å². The van der Waals surface area contributed by atoms with Gasteiger partial charge in [-0.1, -0.05) is 0 Å². The van der Waals surface area contributed by atoms with E-state index in [0.717, 1.165) is 56.9 Å². The Bertz CT molecular complexity index is 472. The summed E-state index contributed by atoms with van der Waals surface area (Å²) in [5.41, 5.74) is 0.0611. The van der Waals surface area contributed by atoms with Gasteiger partial charge in [0.1, 0.15) is 6.04 Å². The van der Waals surface area contributed by atoms with Crippen LogP contribution in [0, 0.1) is 23.2 Å². The van der Waals surface area contributed by atoms with Gasteiger partial charge in [-0.2, -0.15) is 5.26 Å². The van der Waals surface area contributed by atoms with Gasteiger partial charge < -0.3 is 15.0 Å². The number of methoxy groups -OCH3 is 1. The summed E-state index contributed by atoms with van der Waals surface area (Å²) in [7, 11) is 1.81. The van der Waals surface area contributed by atoms with Crippen LogP contribution in [0.3, 0.4) is 0 Å². The van der Waals surface area contributed by atoms with E-state index in [1.54, 1.807) is 4.90 Å². The van der Waals surface area contributed by atoms with Crippen molar-refractivity contribution in [3.05, 3.63) is 0 Å². The van der Waals surface area contributed by atoms with Crippen molar-refractivity contribution in [2.75, 3.05) is 20.2 Å². The predicted molar refractivity (Wildman–Crippen MR) is 89.3 cm³/mol. The van der Waals surface area contributed by atoms with E-state index in [1.807, 2.05) is 7.11 Å². The average Bonchev–Trinajstić information content (AvgIpc) is 3.17. The Morgan fingerprint density at radius 2 is 2.14 bits per heavy atom. The number of hydrogen-bond donors (Lipinski definition) is 1. The van der Waals surface area contributed by atoms with Crippen LogP contribution < -0.4 is 5.32 Å². The third kappa shape index (κ3) is 3.00. The fourth-order valence-corrected chi connectivity index (χ4v) is 4.82. The topological polar surface area (TPSA) is 65.4 Å². The first kappa shape index (κ1) is 15.8. The minimum atomic E-state index is -0.215. The Labute approximate surface area is 137 Å². The Hall–Kier alpha value is -1.12. The summed E-state index contributed by atoms with van der Waals surface area (Å²) in [6.07, 6.45) is 6.79. The lowest BCUT2D eigenvalue weighted by molar-refractivity contribution is -0.130. The highest BCUT2D eigenvalue weighted by Crippen LogP contribution is 2.49. The molecular formula is C17H33N3O2. The maximum Gasteiger partial charge on any atom is 0.237 e. The monoisotopic (exact) mass is 311 g/mol. The van der Waals surface area contributed by atoms with E-state index in [9.17, 15) is 4.79 Å². The average molecular weight is 311 g/mol. The van der Waals surface area contributed by atoms with Crippen LogP contribution in [-0.2, 0) is 9.53 Å². The molecule has 128 valence electrons. The summed E-state index contributed by atoms with van der Waals surface area (Å²) in [6.45, 7) is 3.34. The van der Waals surface area contributed by atoms with Crippen molar-refractivity contribution in [3.8, 4) is 6.07 Å². The standard InChI is InChI=1S/C17H27N3O2.3H2/c1-17(8-12-6-15(22-2)7-13(12)9-17)19-11-16(21)20-5-3-4-14(20)10-18;;;/h12-15,19H,3-9,11H2,1-2H3;3*1H/t12?,13?,14-,15?,17?;;;/m0.../s1. The molecule has 2 saturated carbocycles. The summed E-state index contributed by atoms with van der Waals surface area (Å²) in [5, 5.41) is 12.6. The molecule has 0 spiro atoms. The molecule has 22 heavy (non-hydrogen) atoms. The van der Waals surface area contributed by atoms with E-state index in [0.29, 0.717) is 12.6 Å². The fourth-order valence-electron chi connectivity index (χ4n) is 4.82. The highest BCUT2D eigenvalue weighted by Gasteiger charge is 2.47. The van der Waals surface area contributed by atoms with Gasteiger partial charge in [-0.25, -0.2) is 0 Å². The molecule has 0 aromatic heterocycles. The fraction of sp³-hybridized carbons (Fsp3) is 0.882. The number of amides is 1. The molecule has 1 N–H and O–H groups in total. The van der Waals surface area contributed by atoms with Crippen LogP contribution in [0.1, 0.15) is 49.7 Å². The van der Waals surface area contributed by atoms with E-state index in [-0.39, 0.29) is 21.8 Å². The number of nitrogens with one attached hydrogen (secondary N) is 1. The minimum absolute atomic E-state index is 0. The third-order valence-corrected chi connectivity index (χ3v) is 5.95. The molecule has 0 radical (unpaired) electrons. The summed E-state index contributed by atoms with van der Waals surface area (Å²) in [6, 6.07) is 2.02. The number of carbonyl (C=O) groups excluding carboxylic acids is 1. The highest BCUT2D eigenvalue weighted by molar-refractivity contribution is 5.79. The Morgan fingerprint density at radius 3 is 2.73 bits per heavy atom. The number of rotatable bonds is 4. The summed E-state index contributed by atoms with van der Waals surface area (Å²) in [4.78, 5) is 14.1. The van der Waals surface area contributed by atoms with E-state index in [1.165, 1.54) is 0 Å². The second-order valence-corrected chi connectivity index (χ2v) is 7.55. The van der Waals surface area contributed by atoms with Crippen molar-refractivity contribution in [1.29, 1.82) is 5.26 Å². The predicted octanol–water partition coefficient (Wildman–Crippen LogP) is 2.42. The molecule has 3 fully saturated rings. The van der Waals surface area contributed by atoms with E-state index in [2.05, 4.69) is 18.3 Å². The Kier molecular flexibility index (Phi) is 4.42. The number of nitrogens with zero attached hydrogens (tertiary/aromatic N) is 2. The van der Waals surface area contributed by atoms with Crippen LogP contribution in [0.2, 0.25) is 0 Å². The van der Waals surface area contributed by atoms with Gasteiger partial charge in [0.15, 0.2) is 0 Å². The van der Waals surface area contributed by atoms with Crippen LogP contribution in [0.15, 0.2) is 0 Å². The molecule has 2 unspecified atom stereocenters. The van der Waals surface area contributed by atoms with Crippen molar-refractivity contribution < 1.29 is 13.8 Å². The van der Waals surface area contributed by atoms with Gasteiger partial charge in [0.2, 0.25) is 5.91 Å². The summed E-state index contributed by atoms with van der Waals surface area (Å²) >= 11 is 0. The molecule has 1 aliphatic heterocycles. The van der Waals surface area contributed by atoms with Crippen LogP contribution >= 0.6 is 0 Å². The first-order valence-corrected chi connectivity index (χ1v) is 8.51. The van der Waals surface area contributed by atoms with E-state index < -0.39 is 0 Å². The molecule has 0 aromatic rings. The lowest BCUT2D eigenvalue weighted by atomic mass is 9.95. The molecule has 1 amide bonds. The number of hydrogen-bond acceptors (Lipinski definition) is 4. The van der Waals surface area contributed by atoms with E-state index in [4.69, 9.17) is 10.00 Å². The normalized spacial score (nSPS) is 40.7. The van der Waals surface area contributed by atoms with Crippen molar-refractivity contribution >= 4 is 5.91 Å². The second-order valence-electron chi connectivity index (χ2n) is 7.55. The molecule has 5 nitrogen and oxygen atoms in total. The number of ether oxygens (including phenoxy) is 1. The number of carbonyl (C=O) groups is 1. The van der Waals surface area contributed by atoms with Crippen LogP contribution in [-0.4, -0.2) is 48.7 Å². The van der Waals surface area contributed by atoms with Crippen molar-refractivity contribution in [2.45, 2.75) is 63.1 Å². The number of likely N-dealkylation sites (tertiary alicyclic amines) is 1. The second kappa shape index (κ2) is 6.17. The summed E-state index contributed by atoms with van der Waals surface area (Å²) in [5.74, 6) is 1.55. The smallest absolute Gasteiger partial charge is 0.237 e. The quantitative estimate of drug-likeness (QED) is 0.866. The zero-order valence-electron chi connectivity index (χ0n) is 13.7. The van der Waals surface area contributed by atoms with Crippen LogP contribution in [0.5, 0.6) is 0 Å². The first-order valence-electron chi connectivity index (χ1n) is 8.51. The SMILES string of the molecule is COC1CC2CC(C)(NCC(=O)N3CCC[C@H]3C#N)CC2C1.[HH].[HH].[HH]. The Balaban J connectivity index is 0.00000192. The maximum absolute atomic E-state index is 12.4. The maximum atomic E-state index is 12.4. The first-order chi connectivity index (χ1) is 10.5. The molecule has 0 aromatic carbocycles. The third-order valence-electron chi connectivity index (χ3n) is 5.95. The zero-order valence-corrected chi connectivity index (χ0v) is 13.7. The highest BCUT2D eigenvalue weighted by atomic mass is 16.5. The van der Waals surface area contributed by atoms with Crippen molar-refractivity contribution in [2.24, 2.45) is 11.8 Å².